The van der Waals surface area contributed by atoms with Gasteiger partial charge >= 0.3 is 0 Å². The summed E-state index contributed by atoms with van der Waals surface area (Å²) in [6, 6.07) is 13.5. The quantitative estimate of drug-likeness (QED) is 0.320. The van der Waals surface area contributed by atoms with Crippen molar-refractivity contribution in [3.8, 4) is 0 Å². The maximum atomic E-state index is 11.9. The van der Waals surface area contributed by atoms with Gasteiger partial charge in [-0.2, -0.15) is 0 Å². The minimum Gasteiger partial charge on any atom is -0.354 e. The molecule has 0 atom stereocenters. The Hall–Kier alpha value is -2.87. The first-order chi connectivity index (χ1) is 12.5. The Morgan fingerprint density at radius 3 is 2.54 bits per heavy atom. The van der Waals surface area contributed by atoms with Crippen LogP contribution >= 0.6 is 11.8 Å². The van der Waals surface area contributed by atoms with Gasteiger partial charge in [0.1, 0.15) is 0 Å². The van der Waals surface area contributed by atoms with E-state index in [1.807, 2.05) is 31.2 Å². The summed E-state index contributed by atoms with van der Waals surface area (Å²) < 4.78 is 0. The number of amides is 2. The third-order valence-electron chi connectivity index (χ3n) is 3.44. The average molecular weight is 373 g/mol. The first-order valence-corrected chi connectivity index (χ1v) is 8.93. The fourth-order valence-electron chi connectivity index (χ4n) is 2.08. The number of hydrogen-bond donors (Lipinski definition) is 2. The number of rotatable bonds is 8. The molecule has 26 heavy (non-hydrogen) atoms. The van der Waals surface area contributed by atoms with Crippen LogP contribution < -0.4 is 10.6 Å². The Kier molecular flexibility index (Phi) is 7.16. The van der Waals surface area contributed by atoms with E-state index in [4.69, 9.17) is 0 Å². The molecule has 2 amide bonds. The Balaban J connectivity index is 1.69. The molecule has 0 heterocycles. The van der Waals surface area contributed by atoms with Crippen molar-refractivity contribution in [2.45, 2.75) is 11.8 Å². The van der Waals surface area contributed by atoms with Crippen molar-refractivity contribution in [3.05, 3.63) is 69.8 Å². The molecule has 0 radical (unpaired) electrons. The van der Waals surface area contributed by atoms with Crippen LogP contribution in [0.1, 0.15) is 15.9 Å². The number of nitrogens with one attached hydrogen (secondary N) is 2. The van der Waals surface area contributed by atoms with E-state index in [9.17, 15) is 19.7 Å². The van der Waals surface area contributed by atoms with E-state index < -0.39 is 10.8 Å². The van der Waals surface area contributed by atoms with E-state index in [0.29, 0.717) is 12.3 Å². The highest BCUT2D eigenvalue weighted by Crippen LogP contribution is 2.17. The zero-order valence-electron chi connectivity index (χ0n) is 14.2. The molecule has 0 aliphatic heterocycles. The third kappa shape index (κ3) is 6.21. The van der Waals surface area contributed by atoms with Crippen LogP contribution in [-0.4, -0.2) is 35.6 Å². The molecule has 0 saturated carbocycles. The molecule has 7 nitrogen and oxygen atoms in total. The topological polar surface area (TPSA) is 101 Å². The van der Waals surface area contributed by atoms with Crippen molar-refractivity contribution in [1.29, 1.82) is 0 Å². The number of carbonyl (C=O) groups is 2. The van der Waals surface area contributed by atoms with Crippen LogP contribution in [0.4, 0.5) is 5.69 Å². The normalized spacial score (nSPS) is 10.2. The lowest BCUT2D eigenvalue weighted by atomic mass is 10.2. The Labute approximate surface area is 155 Å². The predicted octanol–water partition coefficient (Wildman–Crippen LogP) is 2.54. The molecule has 0 aliphatic carbocycles. The molecule has 2 aromatic rings. The Morgan fingerprint density at radius 1 is 1.12 bits per heavy atom. The molecule has 2 N–H and O–H groups in total. The van der Waals surface area contributed by atoms with Gasteiger partial charge in [0.15, 0.2) is 0 Å². The maximum Gasteiger partial charge on any atom is 0.270 e. The molecule has 0 aromatic heterocycles. The van der Waals surface area contributed by atoms with Gasteiger partial charge in [-0.05, 0) is 25.1 Å². The molecule has 2 aromatic carbocycles. The van der Waals surface area contributed by atoms with E-state index in [-0.39, 0.29) is 23.7 Å². The number of hydrogen-bond acceptors (Lipinski definition) is 5. The first-order valence-electron chi connectivity index (χ1n) is 7.94. The molecule has 2 rings (SSSR count). The van der Waals surface area contributed by atoms with Crippen molar-refractivity contribution >= 4 is 29.3 Å². The molecule has 0 fully saturated rings. The second-order valence-corrected chi connectivity index (χ2v) is 6.67. The molecule has 0 saturated heterocycles. The van der Waals surface area contributed by atoms with Crippen molar-refractivity contribution in [3.63, 3.8) is 0 Å². The molecule has 136 valence electrons. The van der Waals surface area contributed by atoms with Gasteiger partial charge in [-0.25, -0.2) is 0 Å². The smallest absolute Gasteiger partial charge is 0.270 e. The van der Waals surface area contributed by atoms with Crippen LogP contribution in [-0.2, 0) is 4.79 Å². The fraction of sp³-hybridized carbons (Fsp3) is 0.222. The second-order valence-electron chi connectivity index (χ2n) is 5.50. The minimum atomic E-state index is -0.574. The van der Waals surface area contributed by atoms with E-state index in [1.165, 1.54) is 29.8 Å². The largest absolute Gasteiger partial charge is 0.354 e. The van der Waals surface area contributed by atoms with Gasteiger partial charge in [-0.3, -0.25) is 19.7 Å². The lowest BCUT2D eigenvalue weighted by Gasteiger charge is -2.07. The number of nitro benzene ring substituents is 1. The summed E-state index contributed by atoms with van der Waals surface area (Å²) in [7, 11) is 0. The number of thioether (sulfide) groups is 1. The molecule has 0 aliphatic rings. The molecule has 0 spiro atoms. The summed E-state index contributed by atoms with van der Waals surface area (Å²) in [6.45, 7) is 2.32. The Morgan fingerprint density at radius 2 is 1.85 bits per heavy atom. The van der Waals surface area contributed by atoms with Gasteiger partial charge in [-0.15, -0.1) is 11.8 Å². The number of benzene rings is 2. The summed E-state index contributed by atoms with van der Waals surface area (Å²) in [5.41, 5.74) is 1.17. The summed E-state index contributed by atoms with van der Waals surface area (Å²) in [4.78, 5) is 35.0. The monoisotopic (exact) mass is 373 g/mol. The van der Waals surface area contributed by atoms with Crippen molar-refractivity contribution in [2.24, 2.45) is 0 Å². The van der Waals surface area contributed by atoms with Gasteiger partial charge < -0.3 is 10.6 Å². The van der Waals surface area contributed by atoms with Gasteiger partial charge in [0.2, 0.25) is 5.91 Å². The number of aryl methyl sites for hydroxylation is 1. The van der Waals surface area contributed by atoms with E-state index in [0.717, 1.165) is 4.90 Å². The summed E-state index contributed by atoms with van der Waals surface area (Å²) >= 11 is 1.63. The van der Waals surface area contributed by atoms with Gasteiger partial charge in [0.25, 0.3) is 11.6 Å². The van der Waals surface area contributed by atoms with E-state index in [1.54, 1.807) is 11.8 Å². The zero-order chi connectivity index (χ0) is 18.9. The minimum absolute atomic E-state index is 0.141. The van der Waals surface area contributed by atoms with Crippen LogP contribution in [0.25, 0.3) is 0 Å². The summed E-state index contributed by atoms with van der Waals surface area (Å²) in [5.74, 6) is -0.126. The standard InChI is InChI=1S/C18H19N3O4S/c1-13-5-7-16(8-6-13)26-10-9-19-17(22)12-20-18(23)14-3-2-4-15(11-14)21(24)25/h2-8,11H,9-10,12H2,1H3,(H,19,22)(H,20,23). The fourth-order valence-corrected chi connectivity index (χ4v) is 2.85. The lowest BCUT2D eigenvalue weighted by Crippen LogP contribution is -2.37. The average Bonchev–Trinajstić information content (AvgIpc) is 2.64. The summed E-state index contributed by atoms with van der Waals surface area (Å²) in [5, 5.41) is 15.9. The molecule has 0 bridgehead atoms. The SMILES string of the molecule is Cc1ccc(SCCNC(=O)CNC(=O)c2cccc([N+](=O)[O-])c2)cc1. The lowest BCUT2D eigenvalue weighted by molar-refractivity contribution is -0.384. The van der Waals surface area contributed by atoms with Gasteiger partial charge in [0.05, 0.1) is 11.5 Å². The van der Waals surface area contributed by atoms with Crippen LogP contribution in [0.15, 0.2) is 53.4 Å². The zero-order valence-corrected chi connectivity index (χ0v) is 15.0. The maximum absolute atomic E-state index is 11.9. The number of nitro groups is 1. The van der Waals surface area contributed by atoms with E-state index >= 15 is 0 Å². The van der Waals surface area contributed by atoms with E-state index in [2.05, 4.69) is 10.6 Å². The number of nitrogens with zero attached hydrogens (tertiary/aromatic N) is 1. The highest BCUT2D eigenvalue weighted by atomic mass is 32.2. The second kappa shape index (κ2) is 9.57. The molecular formula is C18H19N3O4S. The highest BCUT2D eigenvalue weighted by Gasteiger charge is 2.12. The van der Waals surface area contributed by atoms with Crippen LogP contribution in [0.2, 0.25) is 0 Å². The highest BCUT2D eigenvalue weighted by molar-refractivity contribution is 7.99. The van der Waals surface area contributed by atoms with Crippen LogP contribution in [0, 0.1) is 17.0 Å². The van der Waals surface area contributed by atoms with Crippen molar-refractivity contribution in [1.82, 2.24) is 10.6 Å². The molecular weight excluding hydrogens is 354 g/mol. The van der Waals surface area contributed by atoms with Crippen LogP contribution in [0.5, 0.6) is 0 Å². The molecule has 8 heteroatoms. The van der Waals surface area contributed by atoms with Crippen molar-refractivity contribution < 1.29 is 14.5 Å². The van der Waals surface area contributed by atoms with Gasteiger partial charge in [0, 0.05) is 34.9 Å². The molecule has 0 unspecified atom stereocenters. The number of carbonyl (C=O) groups excluding carboxylic acids is 2. The first kappa shape index (κ1) is 19.5. The Bertz CT molecular complexity index is 793. The number of non-ortho nitro benzene ring substituents is 1. The van der Waals surface area contributed by atoms with Gasteiger partial charge in [-0.1, -0.05) is 23.8 Å². The summed E-state index contributed by atoms with van der Waals surface area (Å²) in [6.07, 6.45) is 0. The van der Waals surface area contributed by atoms with Crippen molar-refractivity contribution in [2.75, 3.05) is 18.8 Å². The third-order valence-corrected chi connectivity index (χ3v) is 4.46. The van der Waals surface area contributed by atoms with Crippen LogP contribution in [0.3, 0.4) is 0 Å². The predicted molar refractivity (Wildman–Crippen MR) is 100 cm³/mol.